The number of carboxylic acid groups (broad SMARTS) is 1. The summed E-state index contributed by atoms with van der Waals surface area (Å²) in [4.78, 5) is 12.7. The van der Waals surface area contributed by atoms with E-state index in [1.165, 1.54) is 6.08 Å². The molecule has 1 fully saturated rings. The number of nitrogens with zero attached hydrogens (tertiary/aromatic N) is 1. The molecular formula is C15H19NO3. The van der Waals surface area contributed by atoms with Gasteiger partial charge in [-0.15, -0.1) is 0 Å². The second kappa shape index (κ2) is 6.38. The lowest BCUT2D eigenvalue weighted by molar-refractivity contribution is -0.131. The fraction of sp³-hybridized carbons (Fsp3) is 0.400. The van der Waals surface area contributed by atoms with Gasteiger partial charge in [-0.3, -0.25) is 0 Å². The van der Waals surface area contributed by atoms with Crippen molar-refractivity contribution >= 4 is 17.7 Å². The Morgan fingerprint density at radius 1 is 1.53 bits per heavy atom. The Morgan fingerprint density at radius 2 is 2.32 bits per heavy atom. The molecule has 1 saturated heterocycles. The van der Waals surface area contributed by atoms with Crippen LogP contribution in [0.15, 0.2) is 30.3 Å². The molecule has 1 aliphatic heterocycles. The number of rotatable bonds is 5. The molecule has 0 bridgehead atoms. The van der Waals surface area contributed by atoms with Crippen LogP contribution in [0.2, 0.25) is 0 Å². The second-order valence-electron chi connectivity index (χ2n) is 4.75. The van der Waals surface area contributed by atoms with Crippen molar-refractivity contribution < 1.29 is 14.6 Å². The van der Waals surface area contributed by atoms with Crippen molar-refractivity contribution in [1.29, 1.82) is 0 Å². The highest BCUT2D eigenvalue weighted by Crippen LogP contribution is 2.23. The first kappa shape index (κ1) is 13.6. The van der Waals surface area contributed by atoms with Crippen LogP contribution in [0.1, 0.15) is 18.4 Å². The van der Waals surface area contributed by atoms with Gasteiger partial charge in [0, 0.05) is 32.0 Å². The highest BCUT2D eigenvalue weighted by atomic mass is 16.5. The highest BCUT2D eigenvalue weighted by molar-refractivity contribution is 5.86. The molecule has 0 aliphatic carbocycles. The lowest BCUT2D eigenvalue weighted by atomic mass is 10.1. The Hall–Kier alpha value is -1.81. The number of hydrogen-bond acceptors (Lipinski definition) is 3. The maximum atomic E-state index is 10.6. The zero-order chi connectivity index (χ0) is 13.7. The van der Waals surface area contributed by atoms with Crippen LogP contribution in [0.25, 0.3) is 6.08 Å². The maximum Gasteiger partial charge on any atom is 0.328 e. The quantitative estimate of drug-likeness (QED) is 0.827. The molecule has 4 heteroatoms. The number of carboxylic acids is 1. The van der Waals surface area contributed by atoms with Gasteiger partial charge in [-0.2, -0.15) is 0 Å². The largest absolute Gasteiger partial charge is 0.478 e. The molecule has 1 aromatic rings. The SMILES string of the molecule is CN(CC1CCCO1)c1ccccc1C=CC(=O)O. The van der Waals surface area contributed by atoms with Crippen molar-refractivity contribution in [3.05, 3.63) is 35.9 Å². The van der Waals surface area contributed by atoms with Gasteiger partial charge in [0.1, 0.15) is 0 Å². The van der Waals surface area contributed by atoms with Gasteiger partial charge >= 0.3 is 5.97 Å². The zero-order valence-electron chi connectivity index (χ0n) is 11.1. The summed E-state index contributed by atoms with van der Waals surface area (Å²) in [5.41, 5.74) is 1.93. The van der Waals surface area contributed by atoms with Crippen molar-refractivity contribution in [3.8, 4) is 0 Å². The third-order valence-electron chi connectivity index (χ3n) is 3.25. The molecule has 1 N–H and O–H groups in total. The molecule has 1 atom stereocenters. The molecule has 1 unspecified atom stereocenters. The van der Waals surface area contributed by atoms with E-state index in [0.717, 1.165) is 37.2 Å². The predicted molar refractivity (Wildman–Crippen MR) is 75.4 cm³/mol. The Morgan fingerprint density at radius 3 is 3.00 bits per heavy atom. The van der Waals surface area contributed by atoms with Gasteiger partial charge < -0.3 is 14.7 Å². The van der Waals surface area contributed by atoms with Crippen molar-refractivity contribution in [1.82, 2.24) is 0 Å². The van der Waals surface area contributed by atoms with Crippen molar-refractivity contribution in [2.45, 2.75) is 18.9 Å². The van der Waals surface area contributed by atoms with E-state index in [9.17, 15) is 4.79 Å². The monoisotopic (exact) mass is 261 g/mol. The van der Waals surface area contributed by atoms with Crippen LogP contribution in [0, 0.1) is 0 Å². The average Bonchev–Trinajstić information content (AvgIpc) is 2.89. The first-order valence-corrected chi connectivity index (χ1v) is 6.49. The number of para-hydroxylation sites is 1. The minimum Gasteiger partial charge on any atom is -0.478 e. The molecule has 0 aromatic heterocycles. The summed E-state index contributed by atoms with van der Waals surface area (Å²) >= 11 is 0. The Bertz CT molecular complexity index is 464. The molecule has 2 rings (SSSR count). The van der Waals surface area contributed by atoms with E-state index in [1.807, 2.05) is 31.3 Å². The average molecular weight is 261 g/mol. The number of ether oxygens (including phenoxy) is 1. The van der Waals surface area contributed by atoms with Gasteiger partial charge in [0.2, 0.25) is 0 Å². The Labute approximate surface area is 113 Å². The summed E-state index contributed by atoms with van der Waals surface area (Å²) in [6, 6.07) is 7.78. The summed E-state index contributed by atoms with van der Waals surface area (Å²) in [5.74, 6) is -0.934. The van der Waals surface area contributed by atoms with Gasteiger partial charge in [0.25, 0.3) is 0 Å². The van der Waals surface area contributed by atoms with Crippen molar-refractivity contribution in [2.75, 3.05) is 25.1 Å². The lowest BCUT2D eigenvalue weighted by Crippen LogP contribution is -2.28. The number of hydrogen-bond donors (Lipinski definition) is 1. The number of carbonyl (C=O) groups is 1. The van der Waals surface area contributed by atoms with E-state index >= 15 is 0 Å². The fourth-order valence-electron chi connectivity index (χ4n) is 2.33. The van der Waals surface area contributed by atoms with Crippen LogP contribution in [-0.4, -0.2) is 37.4 Å². The summed E-state index contributed by atoms with van der Waals surface area (Å²) in [6.07, 6.45) is 5.29. The zero-order valence-corrected chi connectivity index (χ0v) is 11.1. The lowest BCUT2D eigenvalue weighted by Gasteiger charge is -2.24. The van der Waals surface area contributed by atoms with Crippen LogP contribution < -0.4 is 4.90 Å². The van der Waals surface area contributed by atoms with Crippen LogP contribution in [0.5, 0.6) is 0 Å². The van der Waals surface area contributed by atoms with Gasteiger partial charge in [0.15, 0.2) is 0 Å². The molecule has 19 heavy (non-hydrogen) atoms. The fourth-order valence-corrected chi connectivity index (χ4v) is 2.33. The van der Waals surface area contributed by atoms with E-state index < -0.39 is 5.97 Å². The molecule has 0 saturated carbocycles. The third kappa shape index (κ3) is 3.83. The molecule has 1 heterocycles. The van der Waals surface area contributed by atoms with E-state index in [-0.39, 0.29) is 6.10 Å². The van der Waals surface area contributed by atoms with E-state index in [4.69, 9.17) is 9.84 Å². The van der Waals surface area contributed by atoms with Crippen molar-refractivity contribution in [3.63, 3.8) is 0 Å². The third-order valence-corrected chi connectivity index (χ3v) is 3.25. The maximum absolute atomic E-state index is 10.6. The molecule has 4 nitrogen and oxygen atoms in total. The summed E-state index contributed by atoms with van der Waals surface area (Å²) in [5, 5.41) is 8.71. The van der Waals surface area contributed by atoms with Gasteiger partial charge in [-0.25, -0.2) is 4.79 Å². The van der Waals surface area contributed by atoms with Gasteiger partial charge in [-0.05, 0) is 30.5 Å². The minimum absolute atomic E-state index is 0.279. The van der Waals surface area contributed by atoms with Crippen LogP contribution in [0.4, 0.5) is 5.69 Å². The Kier molecular flexibility index (Phi) is 4.58. The van der Waals surface area contributed by atoms with E-state index in [0.29, 0.717) is 0 Å². The topological polar surface area (TPSA) is 49.8 Å². The first-order valence-electron chi connectivity index (χ1n) is 6.49. The number of likely N-dealkylation sites (N-methyl/N-ethyl adjacent to an activating group) is 1. The summed E-state index contributed by atoms with van der Waals surface area (Å²) in [7, 11) is 2.01. The molecule has 0 amide bonds. The summed E-state index contributed by atoms with van der Waals surface area (Å²) in [6.45, 7) is 1.68. The number of anilines is 1. The summed E-state index contributed by atoms with van der Waals surface area (Å²) < 4.78 is 5.63. The predicted octanol–water partition coefficient (Wildman–Crippen LogP) is 2.40. The highest BCUT2D eigenvalue weighted by Gasteiger charge is 2.18. The molecule has 1 aromatic carbocycles. The van der Waals surface area contributed by atoms with E-state index in [2.05, 4.69) is 4.90 Å². The second-order valence-corrected chi connectivity index (χ2v) is 4.75. The van der Waals surface area contributed by atoms with Crippen molar-refractivity contribution in [2.24, 2.45) is 0 Å². The molecular weight excluding hydrogens is 242 g/mol. The van der Waals surface area contributed by atoms with Gasteiger partial charge in [-0.1, -0.05) is 18.2 Å². The van der Waals surface area contributed by atoms with Crippen LogP contribution in [0.3, 0.4) is 0 Å². The normalized spacial score (nSPS) is 18.9. The number of benzene rings is 1. The standard InChI is InChI=1S/C15H19NO3/c1-16(11-13-6-4-10-19-13)14-7-3-2-5-12(14)8-9-15(17)18/h2-3,5,7-9,13H,4,6,10-11H2,1H3,(H,17,18). The van der Waals surface area contributed by atoms with Crippen LogP contribution in [-0.2, 0) is 9.53 Å². The smallest absolute Gasteiger partial charge is 0.328 e. The number of aliphatic carboxylic acids is 1. The first-order chi connectivity index (χ1) is 9.16. The van der Waals surface area contributed by atoms with E-state index in [1.54, 1.807) is 6.08 Å². The molecule has 0 spiro atoms. The molecule has 1 aliphatic rings. The Balaban J connectivity index is 2.11. The van der Waals surface area contributed by atoms with Gasteiger partial charge in [0.05, 0.1) is 6.10 Å². The minimum atomic E-state index is -0.934. The molecule has 102 valence electrons. The van der Waals surface area contributed by atoms with Crippen LogP contribution >= 0.6 is 0 Å². The molecule has 0 radical (unpaired) electrons.